The molecular formula is C13H8BrNOS. The monoisotopic (exact) mass is 305 g/mol. The Kier molecular flexibility index (Phi) is 3.72. The topological polar surface area (TPSA) is 44.0 Å². The highest BCUT2D eigenvalue weighted by Gasteiger charge is 2.05. The van der Waals surface area contributed by atoms with E-state index in [9.17, 15) is 5.11 Å². The van der Waals surface area contributed by atoms with Crippen LogP contribution in [0.5, 0.6) is 5.75 Å². The Labute approximate surface area is 112 Å². The summed E-state index contributed by atoms with van der Waals surface area (Å²) in [4.78, 5) is 1.77. The van der Waals surface area contributed by atoms with E-state index in [0.29, 0.717) is 5.56 Å². The number of benzene rings is 2. The average Bonchev–Trinajstić information content (AvgIpc) is 2.29. The molecule has 0 unspecified atom stereocenters. The molecule has 2 nitrogen and oxygen atoms in total. The summed E-state index contributed by atoms with van der Waals surface area (Å²) >= 11 is 4.84. The van der Waals surface area contributed by atoms with Crippen molar-refractivity contribution < 1.29 is 5.11 Å². The van der Waals surface area contributed by atoms with Crippen LogP contribution >= 0.6 is 27.7 Å². The van der Waals surface area contributed by atoms with Gasteiger partial charge in [-0.1, -0.05) is 33.8 Å². The van der Waals surface area contributed by atoms with Gasteiger partial charge in [0.25, 0.3) is 0 Å². The zero-order chi connectivity index (χ0) is 12.3. The molecule has 84 valence electrons. The number of rotatable bonds is 2. The Morgan fingerprint density at radius 1 is 1.18 bits per heavy atom. The van der Waals surface area contributed by atoms with Gasteiger partial charge in [0.2, 0.25) is 0 Å². The molecule has 0 atom stereocenters. The summed E-state index contributed by atoms with van der Waals surface area (Å²) in [5.74, 6) is 0.225. The summed E-state index contributed by atoms with van der Waals surface area (Å²) in [6, 6.07) is 14.6. The normalized spacial score (nSPS) is 9.88. The van der Waals surface area contributed by atoms with Crippen molar-refractivity contribution >= 4 is 27.7 Å². The lowest BCUT2D eigenvalue weighted by molar-refractivity contribution is 0.474. The van der Waals surface area contributed by atoms with E-state index in [1.165, 1.54) is 11.8 Å². The Balaban J connectivity index is 2.36. The number of phenols is 1. The minimum atomic E-state index is 0.225. The molecule has 0 aromatic heterocycles. The van der Waals surface area contributed by atoms with Crippen LogP contribution in [0.2, 0.25) is 0 Å². The molecule has 0 aliphatic carbocycles. The van der Waals surface area contributed by atoms with Gasteiger partial charge in [-0.05, 0) is 36.4 Å². The zero-order valence-electron chi connectivity index (χ0n) is 8.72. The molecule has 0 aliphatic heterocycles. The molecule has 0 heterocycles. The van der Waals surface area contributed by atoms with E-state index in [1.807, 2.05) is 18.2 Å². The molecular weight excluding hydrogens is 298 g/mol. The fourth-order valence-electron chi connectivity index (χ4n) is 1.35. The van der Waals surface area contributed by atoms with E-state index >= 15 is 0 Å². The molecule has 0 bridgehead atoms. The van der Waals surface area contributed by atoms with Gasteiger partial charge in [0.1, 0.15) is 11.8 Å². The fraction of sp³-hybridized carbons (Fsp3) is 0. The second-order valence-corrected chi connectivity index (χ2v) is 5.38. The minimum absolute atomic E-state index is 0.225. The molecule has 0 radical (unpaired) electrons. The predicted molar refractivity (Wildman–Crippen MR) is 71.1 cm³/mol. The van der Waals surface area contributed by atoms with Crippen LogP contribution in [0.1, 0.15) is 5.56 Å². The van der Waals surface area contributed by atoms with Crippen molar-refractivity contribution in [2.75, 3.05) is 0 Å². The number of nitrogens with zero attached hydrogens (tertiary/aromatic N) is 1. The predicted octanol–water partition coefficient (Wildman–Crippen LogP) is 4.18. The van der Waals surface area contributed by atoms with Crippen molar-refractivity contribution in [3.8, 4) is 11.8 Å². The van der Waals surface area contributed by atoms with E-state index in [2.05, 4.69) is 22.0 Å². The van der Waals surface area contributed by atoms with Crippen molar-refractivity contribution in [1.29, 1.82) is 5.26 Å². The number of phenolic OH excluding ortho intramolecular Hbond substituents is 1. The third-order valence-electron chi connectivity index (χ3n) is 2.11. The van der Waals surface area contributed by atoms with Crippen LogP contribution in [0.3, 0.4) is 0 Å². The van der Waals surface area contributed by atoms with Gasteiger partial charge in [-0.15, -0.1) is 0 Å². The van der Waals surface area contributed by atoms with Crippen LogP contribution in [0, 0.1) is 11.3 Å². The highest BCUT2D eigenvalue weighted by atomic mass is 79.9. The Hall–Kier alpha value is -1.44. The summed E-state index contributed by atoms with van der Waals surface area (Å²) in [7, 11) is 0. The van der Waals surface area contributed by atoms with Crippen molar-refractivity contribution in [1.82, 2.24) is 0 Å². The van der Waals surface area contributed by atoms with Crippen LogP contribution in [-0.4, -0.2) is 5.11 Å². The first-order valence-electron chi connectivity index (χ1n) is 4.85. The van der Waals surface area contributed by atoms with Crippen LogP contribution < -0.4 is 0 Å². The van der Waals surface area contributed by atoms with E-state index < -0.39 is 0 Å². The number of aromatic hydroxyl groups is 1. The lowest BCUT2D eigenvalue weighted by Crippen LogP contribution is -1.81. The van der Waals surface area contributed by atoms with Gasteiger partial charge in [0, 0.05) is 14.3 Å². The zero-order valence-corrected chi connectivity index (χ0v) is 11.1. The van der Waals surface area contributed by atoms with Crippen molar-refractivity contribution in [2.45, 2.75) is 9.79 Å². The lowest BCUT2D eigenvalue weighted by Gasteiger charge is -2.04. The third kappa shape index (κ3) is 3.02. The summed E-state index contributed by atoms with van der Waals surface area (Å²) in [5.41, 5.74) is 0.626. The van der Waals surface area contributed by atoms with Gasteiger partial charge in [-0.3, -0.25) is 0 Å². The lowest BCUT2D eigenvalue weighted by atomic mass is 10.2. The SMILES string of the molecule is N#Cc1ccc(Br)cc1Sc1cccc(O)c1. The average molecular weight is 306 g/mol. The van der Waals surface area contributed by atoms with Gasteiger partial charge in [0.15, 0.2) is 0 Å². The quantitative estimate of drug-likeness (QED) is 0.905. The summed E-state index contributed by atoms with van der Waals surface area (Å²) < 4.78 is 0.930. The summed E-state index contributed by atoms with van der Waals surface area (Å²) in [6.07, 6.45) is 0. The number of halogens is 1. The number of hydrogen-bond acceptors (Lipinski definition) is 3. The highest BCUT2D eigenvalue weighted by Crippen LogP contribution is 2.33. The smallest absolute Gasteiger partial charge is 0.116 e. The largest absolute Gasteiger partial charge is 0.508 e. The maximum atomic E-state index is 9.38. The van der Waals surface area contributed by atoms with Gasteiger partial charge in [-0.2, -0.15) is 5.26 Å². The molecule has 2 aromatic rings. The molecule has 17 heavy (non-hydrogen) atoms. The first kappa shape index (κ1) is 12.0. The van der Waals surface area contributed by atoms with Gasteiger partial charge < -0.3 is 5.11 Å². The summed E-state index contributed by atoms with van der Waals surface area (Å²) in [5, 5.41) is 18.4. The molecule has 4 heteroatoms. The molecule has 0 saturated carbocycles. The Bertz CT molecular complexity index is 592. The second-order valence-electron chi connectivity index (χ2n) is 3.35. The molecule has 0 fully saturated rings. The molecule has 0 saturated heterocycles. The number of hydrogen-bond donors (Lipinski definition) is 1. The Morgan fingerprint density at radius 2 is 2.00 bits per heavy atom. The minimum Gasteiger partial charge on any atom is -0.508 e. The van der Waals surface area contributed by atoms with Gasteiger partial charge >= 0.3 is 0 Å². The van der Waals surface area contributed by atoms with Crippen molar-refractivity contribution in [3.63, 3.8) is 0 Å². The molecule has 1 N–H and O–H groups in total. The van der Waals surface area contributed by atoms with Crippen LogP contribution in [0.25, 0.3) is 0 Å². The maximum absolute atomic E-state index is 9.38. The molecule has 0 aliphatic rings. The van der Waals surface area contributed by atoms with E-state index in [-0.39, 0.29) is 5.75 Å². The number of nitriles is 1. The second kappa shape index (κ2) is 5.26. The van der Waals surface area contributed by atoms with Crippen molar-refractivity contribution in [3.05, 3.63) is 52.5 Å². The Morgan fingerprint density at radius 3 is 2.71 bits per heavy atom. The van der Waals surface area contributed by atoms with Crippen LogP contribution in [0.4, 0.5) is 0 Å². The first-order chi connectivity index (χ1) is 8.19. The molecule has 2 rings (SSSR count). The van der Waals surface area contributed by atoms with E-state index in [4.69, 9.17) is 5.26 Å². The molecule has 0 spiro atoms. The van der Waals surface area contributed by atoms with E-state index in [1.54, 1.807) is 24.3 Å². The molecule has 2 aromatic carbocycles. The third-order valence-corrected chi connectivity index (χ3v) is 3.65. The fourth-order valence-corrected chi connectivity index (χ4v) is 2.85. The maximum Gasteiger partial charge on any atom is 0.116 e. The highest BCUT2D eigenvalue weighted by molar-refractivity contribution is 9.10. The first-order valence-corrected chi connectivity index (χ1v) is 6.46. The van der Waals surface area contributed by atoms with Crippen LogP contribution in [-0.2, 0) is 0 Å². The van der Waals surface area contributed by atoms with Crippen LogP contribution in [0.15, 0.2) is 56.7 Å². The van der Waals surface area contributed by atoms with E-state index in [0.717, 1.165) is 14.3 Å². The van der Waals surface area contributed by atoms with Gasteiger partial charge in [-0.25, -0.2) is 0 Å². The van der Waals surface area contributed by atoms with Gasteiger partial charge in [0.05, 0.1) is 5.56 Å². The summed E-state index contributed by atoms with van der Waals surface area (Å²) in [6.45, 7) is 0. The standard InChI is InChI=1S/C13H8BrNOS/c14-10-5-4-9(8-15)13(6-10)17-12-3-1-2-11(16)7-12/h1-7,16H. The van der Waals surface area contributed by atoms with Crippen molar-refractivity contribution in [2.24, 2.45) is 0 Å². The molecule has 0 amide bonds.